The third kappa shape index (κ3) is 6.01. The van der Waals surface area contributed by atoms with Crippen molar-refractivity contribution in [2.24, 2.45) is 4.99 Å². The van der Waals surface area contributed by atoms with Crippen LogP contribution in [0.2, 0.25) is 0 Å². The number of hydrogen-bond donors (Lipinski definition) is 2. The van der Waals surface area contributed by atoms with E-state index in [1.54, 1.807) is 6.92 Å². The number of anilines is 2. The van der Waals surface area contributed by atoms with Gasteiger partial charge >= 0.3 is 5.97 Å². The average Bonchev–Trinajstić information content (AvgIpc) is 2.93. The number of amides is 1. The SMILES string of the molecule is CCOC(=O)CC1=CC(S[C@@H](CC)C(=O)Nc2c(C)cccc2C)=Nc2ccccc2N1. The van der Waals surface area contributed by atoms with Gasteiger partial charge in [-0.3, -0.25) is 9.59 Å². The number of esters is 1. The third-order valence-corrected chi connectivity index (χ3v) is 6.31. The number of nitrogens with zero attached hydrogens (tertiary/aromatic N) is 1. The van der Waals surface area contributed by atoms with Crippen molar-refractivity contribution in [2.75, 3.05) is 17.2 Å². The molecule has 32 heavy (non-hydrogen) atoms. The Labute approximate surface area is 193 Å². The van der Waals surface area contributed by atoms with Crippen molar-refractivity contribution in [2.45, 2.75) is 45.8 Å². The van der Waals surface area contributed by atoms with Crippen molar-refractivity contribution < 1.29 is 14.3 Å². The lowest BCUT2D eigenvalue weighted by atomic mass is 10.1. The minimum absolute atomic E-state index is 0.0663. The highest BCUT2D eigenvalue weighted by Gasteiger charge is 2.23. The average molecular weight is 452 g/mol. The Morgan fingerprint density at radius 3 is 2.50 bits per heavy atom. The van der Waals surface area contributed by atoms with Crippen LogP contribution in [0, 0.1) is 13.8 Å². The van der Waals surface area contributed by atoms with Crippen LogP contribution in [0.3, 0.4) is 0 Å². The standard InChI is InChI=1S/C25H29N3O3S/c1-5-21(25(30)28-24-16(3)10-9-11-17(24)4)32-22-14-18(15-23(29)31-6-2)26-19-12-7-8-13-20(19)27-22/h7-14,21,26H,5-6,15H2,1-4H3,(H,28,30)/t21-/m0/s1. The Kier molecular flexibility index (Phi) is 8.11. The molecule has 2 aromatic rings. The quantitative estimate of drug-likeness (QED) is 0.524. The fourth-order valence-corrected chi connectivity index (χ4v) is 4.38. The van der Waals surface area contributed by atoms with E-state index in [4.69, 9.17) is 9.73 Å². The molecule has 2 aromatic carbocycles. The molecule has 7 heteroatoms. The summed E-state index contributed by atoms with van der Waals surface area (Å²) in [6.07, 6.45) is 2.57. The Hall–Kier alpha value is -3.06. The van der Waals surface area contributed by atoms with Crippen LogP contribution >= 0.6 is 11.8 Å². The number of aliphatic imine (C=N–C) groups is 1. The molecule has 1 amide bonds. The topological polar surface area (TPSA) is 79.8 Å². The van der Waals surface area contributed by atoms with E-state index >= 15 is 0 Å². The number of fused-ring (bicyclic) bond motifs is 1. The summed E-state index contributed by atoms with van der Waals surface area (Å²) in [6, 6.07) is 13.6. The molecule has 0 saturated carbocycles. The maximum atomic E-state index is 13.1. The summed E-state index contributed by atoms with van der Waals surface area (Å²) in [4.78, 5) is 29.9. The zero-order valence-corrected chi connectivity index (χ0v) is 19.7. The normalized spacial score (nSPS) is 13.6. The summed E-state index contributed by atoms with van der Waals surface area (Å²) >= 11 is 1.40. The maximum absolute atomic E-state index is 13.1. The molecule has 6 nitrogen and oxygen atoms in total. The molecule has 0 unspecified atom stereocenters. The fraction of sp³-hybridized carbons (Fsp3) is 0.320. The van der Waals surface area contributed by atoms with E-state index in [1.165, 1.54) is 11.8 Å². The van der Waals surface area contributed by atoms with Crippen LogP contribution in [-0.4, -0.2) is 28.8 Å². The molecule has 0 fully saturated rings. The minimum atomic E-state index is -0.335. The number of thioether (sulfide) groups is 1. The smallest absolute Gasteiger partial charge is 0.311 e. The first-order valence-electron chi connectivity index (χ1n) is 10.8. The number of ether oxygens (including phenoxy) is 1. The van der Waals surface area contributed by atoms with Crippen LogP contribution in [0.4, 0.5) is 17.1 Å². The molecule has 0 aliphatic carbocycles. The van der Waals surface area contributed by atoms with Crippen LogP contribution < -0.4 is 10.6 Å². The number of carbonyl (C=O) groups is 2. The molecule has 0 aromatic heterocycles. The van der Waals surface area contributed by atoms with Gasteiger partial charge in [0.05, 0.1) is 34.7 Å². The predicted molar refractivity (Wildman–Crippen MR) is 133 cm³/mol. The van der Waals surface area contributed by atoms with Gasteiger partial charge in [0.25, 0.3) is 0 Å². The summed E-state index contributed by atoms with van der Waals surface area (Å²) < 4.78 is 5.11. The second-order valence-corrected chi connectivity index (χ2v) is 8.74. The van der Waals surface area contributed by atoms with Gasteiger partial charge in [0.15, 0.2) is 0 Å². The second-order valence-electron chi connectivity index (χ2n) is 7.51. The lowest BCUT2D eigenvalue weighted by molar-refractivity contribution is -0.142. The van der Waals surface area contributed by atoms with Crippen molar-refractivity contribution in [1.82, 2.24) is 0 Å². The molecule has 1 heterocycles. The largest absolute Gasteiger partial charge is 0.466 e. The van der Waals surface area contributed by atoms with Gasteiger partial charge in [0.2, 0.25) is 5.91 Å². The molecule has 1 aliphatic rings. The Bertz CT molecular complexity index is 1040. The van der Waals surface area contributed by atoms with Crippen molar-refractivity contribution in [3.05, 3.63) is 65.4 Å². The molecular formula is C25H29N3O3S. The zero-order chi connectivity index (χ0) is 23.1. The molecule has 1 atom stereocenters. The van der Waals surface area contributed by atoms with E-state index in [2.05, 4.69) is 10.6 Å². The maximum Gasteiger partial charge on any atom is 0.311 e. The van der Waals surface area contributed by atoms with E-state index in [1.807, 2.05) is 69.3 Å². The molecule has 3 rings (SSSR count). The summed E-state index contributed by atoms with van der Waals surface area (Å²) in [6.45, 7) is 8.06. The summed E-state index contributed by atoms with van der Waals surface area (Å²) in [7, 11) is 0. The van der Waals surface area contributed by atoms with Gasteiger partial charge in [-0.2, -0.15) is 0 Å². The molecular weight excluding hydrogens is 422 g/mol. The molecule has 1 aliphatic heterocycles. The van der Waals surface area contributed by atoms with Crippen molar-refractivity contribution in [1.29, 1.82) is 0 Å². The molecule has 0 bridgehead atoms. The van der Waals surface area contributed by atoms with Crippen LogP contribution in [0.25, 0.3) is 0 Å². The number of para-hydroxylation sites is 3. The van der Waals surface area contributed by atoms with Gasteiger partial charge in [-0.15, -0.1) is 0 Å². The van der Waals surface area contributed by atoms with Gasteiger partial charge in [0, 0.05) is 11.4 Å². The van der Waals surface area contributed by atoms with Gasteiger partial charge in [-0.05, 0) is 56.5 Å². The summed E-state index contributed by atoms with van der Waals surface area (Å²) in [5.74, 6) is -0.377. The second kappa shape index (κ2) is 11.0. The van der Waals surface area contributed by atoms with E-state index in [9.17, 15) is 9.59 Å². The molecule has 0 radical (unpaired) electrons. The number of aryl methyl sites for hydroxylation is 2. The third-order valence-electron chi connectivity index (χ3n) is 5.02. The van der Waals surface area contributed by atoms with Gasteiger partial charge < -0.3 is 15.4 Å². The van der Waals surface area contributed by atoms with E-state index in [-0.39, 0.29) is 23.5 Å². The minimum Gasteiger partial charge on any atom is -0.466 e. The highest BCUT2D eigenvalue weighted by atomic mass is 32.2. The van der Waals surface area contributed by atoms with Crippen LogP contribution in [0.15, 0.2) is 59.2 Å². The van der Waals surface area contributed by atoms with Crippen LogP contribution in [0.5, 0.6) is 0 Å². The fourth-order valence-electron chi connectivity index (χ4n) is 3.39. The number of rotatable bonds is 7. The monoisotopic (exact) mass is 451 g/mol. The number of carbonyl (C=O) groups excluding carboxylic acids is 2. The predicted octanol–water partition coefficient (Wildman–Crippen LogP) is 5.75. The first-order chi connectivity index (χ1) is 15.4. The van der Waals surface area contributed by atoms with Crippen LogP contribution in [-0.2, 0) is 14.3 Å². The number of nitrogens with one attached hydrogen (secondary N) is 2. The lowest BCUT2D eigenvalue weighted by Gasteiger charge is -2.17. The molecule has 0 saturated heterocycles. The molecule has 0 spiro atoms. The van der Waals surface area contributed by atoms with Gasteiger partial charge in [0.1, 0.15) is 0 Å². The highest BCUT2D eigenvalue weighted by Crippen LogP contribution is 2.33. The Morgan fingerprint density at radius 1 is 1.09 bits per heavy atom. The van der Waals surface area contributed by atoms with E-state index < -0.39 is 0 Å². The first-order valence-corrected chi connectivity index (χ1v) is 11.6. The number of hydrogen-bond acceptors (Lipinski definition) is 6. The van der Waals surface area contributed by atoms with E-state index in [0.717, 1.165) is 28.2 Å². The van der Waals surface area contributed by atoms with E-state index in [0.29, 0.717) is 23.8 Å². The molecule has 168 valence electrons. The first kappa shape index (κ1) is 23.6. The summed E-state index contributed by atoms with van der Waals surface area (Å²) in [5.41, 5.74) is 5.16. The Morgan fingerprint density at radius 2 is 1.81 bits per heavy atom. The van der Waals surface area contributed by atoms with Crippen molar-refractivity contribution >= 4 is 45.7 Å². The van der Waals surface area contributed by atoms with Gasteiger partial charge in [-0.25, -0.2) is 4.99 Å². The number of benzene rings is 2. The highest BCUT2D eigenvalue weighted by molar-refractivity contribution is 8.15. The van der Waals surface area contributed by atoms with Crippen molar-refractivity contribution in [3.63, 3.8) is 0 Å². The Balaban J connectivity index is 1.84. The lowest BCUT2D eigenvalue weighted by Crippen LogP contribution is -2.26. The molecule has 2 N–H and O–H groups in total. The van der Waals surface area contributed by atoms with Crippen LogP contribution in [0.1, 0.15) is 37.8 Å². The zero-order valence-electron chi connectivity index (χ0n) is 18.9. The van der Waals surface area contributed by atoms with Gasteiger partial charge in [-0.1, -0.05) is 49.0 Å². The summed E-state index contributed by atoms with van der Waals surface area (Å²) in [5, 5.41) is 6.71. The van der Waals surface area contributed by atoms with Crippen molar-refractivity contribution in [3.8, 4) is 0 Å².